The van der Waals surface area contributed by atoms with Gasteiger partial charge in [-0.1, -0.05) is 0 Å². The van der Waals surface area contributed by atoms with Gasteiger partial charge >= 0.3 is 0 Å². The summed E-state index contributed by atoms with van der Waals surface area (Å²) in [4.78, 5) is 4.55. The predicted molar refractivity (Wildman–Crippen MR) is 88.3 cm³/mol. The Bertz CT molecular complexity index is 207. The van der Waals surface area contributed by atoms with E-state index >= 15 is 0 Å². The van der Waals surface area contributed by atoms with Crippen molar-refractivity contribution in [2.75, 3.05) is 79.2 Å². The highest BCUT2D eigenvalue weighted by Crippen LogP contribution is 1.89. The van der Waals surface area contributed by atoms with Gasteiger partial charge in [-0.2, -0.15) is 0 Å². The van der Waals surface area contributed by atoms with Gasteiger partial charge in [0.2, 0.25) is 0 Å². The third-order valence-corrected chi connectivity index (χ3v) is 3.56. The Morgan fingerprint density at radius 2 is 0.909 bits per heavy atom. The summed E-state index contributed by atoms with van der Waals surface area (Å²) in [6.45, 7) is 9.24. The molecule has 132 valence electrons. The van der Waals surface area contributed by atoms with Crippen LogP contribution in [0.4, 0.5) is 0 Å². The van der Waals surface area contributed by atoms with Gasteiger partial charge in [-0.15, -0.1) is 0 Å². The number of aliphatic hydroxyl groups excluding tert-OH is 2. The molecular weight excluding hydrogens is 284 g/mol. The monoisotopic (exact) mass is 318 g/mol. The van der Waals surface area contributed by atoms with Gasteiger partial charge in [0.25, 0.3) is 0 Å². The quantitative estimate of drug-likeness (QED) is 0.322. The van der Waals surface area contributed by atoms with Crippen LogP contribution in [0, 0.1) is 0 Å². The molecule has 0 unspecified atom stereocenters. The molecule has 1 aliphatic rings. The van der Waals surface area contributed by atoms with Crippen LogP contribution < -0.4 is 21.3 Å². The summed E-state index contributed by atoms with van der Waals surface area (Å²) in [5.74, 6) is 0. The number of aliphatic hydroxyl groups is 2. The zero-order valence-electron chi connectivity index (χ0n) is 13.7. The van der Waals surface area contributed by atoms with Gasteiger partial charge in [0.15, 0.2) is 0 Å². The molecule has 0 aliphatic carbocycles. The lowest BCUT2D eigenvalue weighted by Crippen LogP contribution is -2.47. The molecule has 6 N–H and O–H groups in total. The van der Waals surface area contributed by atoms with E-state index in [-0.39, 0.29) is 13.2 Å². The Morgan fingerprint density at radius 3 is 1.18 bits per heavy atom. The summed E-state index contributed by atoms with van der Waals surface area (Å²) in [6, 6.07) is 0. The van der Waals surface area contributed by atoms with E-state index in [4.69, 9.17) is 10.2 Å². The minimum absolute atomic E-state index is 0.239. The van der Waals surface area contributed by atoms with Gasteiger partial charge in [-0.05, 0) is 12.8 Å². The maximum absolute atomic E-state index is 8.95. The summed E-state index contributed by atoms with van der Waals surface area (Å²) in [7, 11) is 0. The molecule has 1 fully saturated rings. The molecular formula is C14H34N6O2. The normalized spacial score (nSPS) is 21.5. The fraction of sp³-hybridized carbons (Fsp3) is 1.00. The lowest BCUT2D eigenvalue weighted by atomic mass is 10.4. The molecule has 8 heteroatoms. The lowest BCUT2D eigenvalue weighted by molar-refractivity contribution is 0.188. The molecule has 1 aliphatic heterocycles. The molecule has 0 aromatic carbocycles. The standard InChI is InChI=1S/C14H34N6O2/c21-9-1-7-19-11-15-3-5-17-13-20(8-2-10-22)14-18-6-4-16-12-19/h15-18,21-22H,1-14H2. The van der Waals surface area contributed by atoms with Crippen molar-refractivity contribution in [3.05, 3.63) is 0 Å². The second-order valence-electron chi connectivity index (χ2n) is 5.58. The van der Waals surface area contributed by atoms with Crippen LogP contribution in [-0.2, 0) is 0 Å². The zero-order chi connectivity index (χ0) is 15.9. The van der Waals surface area contributed by atoms with E-state index in [0.717, 1.165) is 78.8 Å². The topological polar surface area (TPSA) is 95.1 Å². The van der Waals surface area contributed by atoms with Crippen LogP contribution in [0.2, 0.25) is 0 Å². The van der Waals surface area contributed by atoms with Crippen molar-refractivity contribution in [3.63, 3.8) is 0 Å². The van der Waals surface area contributed by atoms with E-state index in [9.17, 15) is 0 Å². The van der Waals surface area contributed by atoms with Gasteiger partial charge in [0.05, 0.1) is 0 Å². The summed E-state index contributed by atoms with van der Waals surface area (Å²) < 4.78 is 0. The fourth-order valence-electron chi connectivity index (χ4n) is 2.32. The van der Waals surface area contributed by atoms with Crippen LogP contribution in [-0.4, -0.2) is 99.2 Å². The Balaban J connectivity index is 2.29. The first-order valence-corrected chi connectivity index (χ1v) is 8.36. The largest absolute Gasteiger partial charge is 0.396 e. The fourth-order valence-corrected chi connectivity index (χ4v) is 2.32. The average molecular weight is 318 g/mol. The summed E-state index contributed by atoms with van der Waals surface area (Å²) in [5.41, 5.74) is 0. The Hall–Kier alpha value is -0.320. The molecule has 1 rings (SSSR count). The first-order valence-electron chi connectivity index (χ1n) is 8.36. The molecule has 0 bridgehead atoms. The number of nitrogens with zero attached hydrogens (tertiary/aromatic N) is 2. The van der Waals surface area contributed by atoms with Crippen molar-refractivity contribution < 1.29 is 10.2 Å². The highest BCUT2D eigenvalue weighted by molar-refractivity contribution is 4.62. The molecule has 8 nitrogen and oxygen atoms in total. The first kappa shape index (κ1) is 19.7. The van der Waals surface area contributed by atoms with Crippen molar-refractivity contribution in [1.82, 2.24) is 31.1 Å². The van der Waals surface area contributed by atoms with E-state index in [1.165, 1.54) is 0 Å². The summed E-state index contributed by atoms with van der Waals surface area (Å²) in [5, 5.41) is 31.6. The Kier molecular flexibility index (Phi) is 12.8. The second kappa shape index (κ2) is 14.3. The minimum atomic E-state index is 0.239. The van der Waals surface area contributed by atoms with E-state index in [1.807, 2.05) is 0 Å². The molecule has 0 spiro atoms. The van der Waals surface area contributed by atoms with Gasteiger partial charge in [0.1, 0.15) is 0 Å². The van der Waals surface area contributed by atoms with Crippen LogP contribution >= 0.6 is 0 Å². The van der Waals surface area contributed by atoms with Crippen molar-refractivity contribution >= 4 is 0 Å². The maximum Gasteiger partial charge on any atom is 0.0492 e. The summed E-state index contributed by atoms with van der Waals surface area (Å²) in [6.07, 6.45) is 1.61. The van der Waals surface area contributed by atoms with E-state index in [2.05, 4.69) is 31.1 Å². The molecule has 0 aromatic rings. The summed E-state index contributed by atoms with van der Waals surface area (Å²) >= 11 is 0. The van der Waals surface area contributed by atoms with Crippen LogP contribution in [0.15, 0.2) is 0 Å². The van der Waals surface area contributed by atoms with E-state index in [1.54, 1.807) is 0 Å². The van der Waals surface area contributed by atoms with Crippen molar-refractivity contribution in [2.24, 2.45) is 0 Å². The van der Waals surface area contributed by atoms with Crippen molar-refractivity contribution in [1.29, 1.82) is 0 Å². The highest BCUT2D eigenvalue weighted by atomic mass is 16.3. The molecule has 0 atom stereocenters. The predicted octanol–water partition coefficient (Wildman–Crippen LogP) is -2.44. The smallest absolute Gasteiger partial charge is 0.0492 e. The Morgan fingerprint density at radius 1 is 0.591 bits per heavy atom. The zero-order valence-corrected chi connectivity index (χ0v) is 13.7. The third-order valence-electron chi connectivity index (χ3n) is 3.56. The van der Waals surface area contributed by atoms with Gasteiger partial charge < -0.3 is 31.5 Å². The van der Waals surface area contributed by atoms with Crippen molar-refractivity contribution in [3.8, 4) is 0 Å². The molecule has 0 amide bonds. The maximum atomic E-state index is 8.95. The SMILES string of the molecule is OCCCN1CNCCNCN(CCCO)CNCCNC1. The molecule has 0 saturated carbocycles. The lowest BCUT2D eigenvalue weighted by Gasteiger charge is -2.26. The average Bonchev–Trinajstić information content (AvgIpc) is 2.54. The van der Waals surface area contributed by atoms with Gasteiger partial charge in [0, 0.05) is 79.2 Å². The molecule has 0 radical (unpaired) electrons. The number of hydrogen-bond acceptors (Lipinski definition) is 8. The third kappa shape index (κ3) is 10.4. The highest BCUT2D eigenvalue weighted by Gasteiger charge is 2.06. The molecule has 22 heavy (non-hydrogen) atoms. The van der Waals surface area contributed by atoms with Crippen LogP contribution in [0.5, 0.6) is 0 Å². The van der Waals surface area contributed by atoms with Crippen molar-refractivity contribution in [2.45, 2.75) is 12.8 Å². The van der Waals surface area contributed by atoms with E-state index < -0.39 is 0 Å². The Labute approximate surface area is 134 Å². The number of rotatable bonds is 6. The first-order chi connectivity index (χ1) is 10.9. The van der Waals surface area contributed by atoms with Gasteiger partial charge in [-0.3, -0.25) is 9.80 Å². The van der Waals surface area contributed by atoms with Gasteiger partial charge in [-0.25, -0.2) is 0 Å². The number of hydrogen-bond donors (Lipinski definition) is 6. The van der Waals surface area contributed by atoms with Crippen LogP contribution in [0.1, 0.15) is 12.8 Å². The van der Waals surface area contributed by atoms with Crippen LogP contribution in [0.3, 0.4) is 0 Å². The molecule has 1 heterocycles. The number of nitrogens with one attached hydrogen (secondary N) is 4. The minimum Gasteiger partial charge on any atom is -0.396 e. The van der Waals surface area contributed by atoms with Crippen LogP contribution in [0.25, 0.3) is 0 Å². The molecule has 1 saturated heterocycles. The molecule has 0 aromatic heterocycles. The second-order valence-corrected chi connectivity index (χ2v) is 5.58. The van der Waals surface area contributed by atoms with E-state index in [0.29, 0.717) is 0 Å².